The number of alkyl halides is 3. The molecule has 0 atom stereocenters. The third-order valence-corrected chi connectivity index (χ3v) is 5.52. The van der Waals surface area contributed by atoms with Crippen LogP contribution in [-0.4, -0.2) is 15.5 Å². The van der Waals surface area contributed by atoms with Gasteiger partial charge in [-0.1, -0.05) is 30.3 Å². The lowest BCUT2D eigenvalue weighted by Crippen LogP contribution is -2.26. The van der Waals surface area contributed by atoms with Crippen LogP contribution >= 0.6 is 0 Å². The predicted octanol–water partition coefficient (Wildman–Crippen LogP) is 4.35. The third-order valence-electron chi connectivity index (χ3n) is 4.06. The maximum atomic E-state index is 13.1. The molecule has 0 aliphatic carbocycles. The SMILES string of the molecule is COc1ccc2cc(CNS(=O)(=O)c3ccccc3C(F)(F)F)ccc2c1. The molecule has 3 rings (SSSR count). The van der Waals surface area contributed by atoms with Gasteiger partial charge in [-0.3, -0.25) is 0 Å². The summed E-state index contributed by atoms with van der Waals surface area (Å²) in [7, 11) is -2.77. The Hall–Kier alpha value is -2.58. The largest absolute Gasteiger partial charge is 0.497 e. The van der Waals surface area contributed by atoms with Gasteiger partial charge in [-0.2, -0.15) is 13.2 Å². The van der Waals surface area contributed by atoms with E-state index in [-0.39, 0.29) is 6.54 Å². The van der Waals surface area contributed by atoms with E-state index in [0.717, 1.165) is 29.0 Å². The van der Waals surface area contributed by atoms with Gasteiger partial charge in [0.15, 0.2) is 0 Å². The number of fused-ring (bicyclic) bond motifs is 1. The van der Waals surface area contributed by atoms with Gasteiger partial charge in [0.25, 0.3) is 0 Å². The highest BCUT2D eigenvalue weighted by Gasteiger charge is 2.36. The standard InChI is InChI=1S/C19H16F3NO3S/c1-26-16-9-8-14-10-13(6-7-15(14)11-16)12-23-27(24,25)18-5-3-2-4-17(18)19(20,21)22/h2-11,23H,12H2,1H3. The Bertz CT molecular complexity index is 1080. The molecule has 0 aromatic heterocycles. The number of ether oxygens (including phenoxy) is 1. The van der Waals surface area contributed by atoms with Crippen molar-refractivity contribution in [3.8, 4) is 5.75 Å². The second-order valence-corrected chi connectivity index (χ2v) is 7.60. The van der Waals surface area contributed by atoms with Crippen molar-refractivity contribution in [3.63, 3.8) is 0 Å². The van der Waals surface area contributed by atoms with Crippen LogP contribution < -0.4 is 9.46 Å². The maximum absolute atomic E-state index is 13.1. The van der Waals surface area contributed by atoms with Crippen molar-refractivity contribution in [3.05, 3.63) is 71.8 Å². The van der Waals surface area contributed by atoms with Crippen LogP contribution in [0.2, 0.25) is 0 Å². The smallest absolute Gasteiger partial charge is 0.417 e. The molecule has 0 spiro atoms. The number of sulfonamides is 1. The average Bonchev–Trinajstić information content (AvgIpc) is 2.65. The van der Waals surface area contributed by atoms with E-state index >= 15 is 0 Å². The van der Waals surface area contributed by atoms with Crippen LogP contribution in [0, 0.1) is 0 Å². The highest BCUT2D eigenvalue weighted by atomic mass is 32.2. The Balaban J connectivity index is 1.85. The van der Waals surface area contributed by atoms with E-state index in [4.69, 9.17) is 4.74 Å². The molecule has 0 aliphatic heterocycles. The molecule has 0 saturated heterocycles. The van der Waals surface area contributed by atoms with Crippen molar-refractivity contribution < 1.29 is 26.3 Å². The van der Waals surface area contributed by atoms with Gasteiger partial charge in [0.2, 0.25) is 10.0 Å². The molecule has 4 nitrogen and oxygen atoms in total. The van der Waals surface area contributed by atoms with Crippen LogP contribution in [0.3, 0.4) is 0 Å². The normalized spacial score (nSPS) is 12.3. The maximum Gasteiger partial charge on any atom is 0.417 e. The summed E-state index contributed by atoms with van der Waals surface area (Å²) in [6.07, 6.45) is -4.76. The molecule has 0 radical (unpaired) electrons. The molecule has 0 fully saturated rings. The van der Waals surface area contributed by atoms with Gasteiger partial charge in [0.1, 0.15) is 5.75 Å². The zero-order valence-corrected chi connectivity index (χ0v) is 15.1. The first kappa shape index (κ1) is 19.2. The lowest BCUT2D eigenvalue weighted by atomic mass is 10.1. The van der Waals surface area contributed by atoms with Gasteiger partial charge in [-0.15, -0.1) is 0 Å². The van der Waals surface area contributed by atoms with Gasteiger partial charge >= 0.3 is 6.18 Å². The molecule has 142 valence electrons. The first-order chi connectivity index (χ1) is 12.7. The van der Waals surface area contributed by atoms with Gasteiger partial charge in [0.05, 0.1) is 17.6 Å². The summed E-state index contributed by atoms with van der Waals surface area (Å²) in [5, 5.41) is 1.77. The molecular weight excluding hydrogens is 379 g/mol. The van der Waals surface area contributed by atoms with Crippen LogP contribution in [0.1, 0.15) is 11.1 Å². The van der Waals surface area contributed by atoms with Crippen molar-refractivity contribution >= 4 is 20.8 Å². The Morgan fingerprint density at radius 1 is 0.963 bits per heavy atom. The summed E-state index contributed by atoms with van der Waals surface area (Å²) in [4.78, 5) is -0.789. The van der Waals surface area contributed by atoms with E-state index in [9.17, 15) is 21.6 Å². The topological polar surface area (TPSA) is 55.4 Å². The van der Waals surface area contributed by atoms with Crippen LogP contribution in [0.4, 0.5) is 13.2 Å². The molecule has 1 N–H and O–H groups in total. The highest BCUT2D eigenvalue weighted by molar-refractivity contribution is 7.89. The summed E-state index contributed by atoms with van der Waals surface area (Å²) >= 11 is 0. The minimum Gasteiger partial charge on any atom is -0.497 e. The fourth-order valence-electron chi connectivity index (χ4n) is 2.70. The van der Waals surface area contributed by atoms with Crippen molar-refractivity contribution in [1.82, 2.24) is 4.72 Å². The van der Waals surface area contributed by atoms with Gasteiger partial charge in [-0.05, 0) is 46.7 Å². The van der Waals surface area contributed by atoms with E-state index in [1.807, 2.05) is 12.1 Å². The minimum absolute atomic E-state index is 0.128. The molecule has 0 heterocycles. The van der Waals surface area contributed by atoms with Crippen LogP contribution in [0.25, 0.3) is 10.8 Å². The molecular formula is C19H16F3NO3S. The number of nitrogens with one attached hydrogen (secondary N) is 1. The fraction of sp³-hybridized carbons (Fsp3) is 0.158. The van der Waals surface area contributed by atoms with E-state index in [0.29, 0.717) is 11.3 Å². The summed E-state index contributed by atoms with van der Waals surface area (Å²) in [6, 6.07) is 14.8. The lowest BCUT2D eigenvalue weighted by Gasteiger charge is -2.14. The highest BCUT2D eigenvalue weighted by Crippen LogP contribution is 2.34. The van der Waals surface area contributed by atoms with Crippen molar-refractivity contribution in [2.45, 2.75) is 17.6 Å². The molecule has 0 aliphatic rings. The second-order valence-electron chi connectivity index (χ2n) is 5.87. The molecule has 0 amide bonds. The monoisotopic (exact) mass is 395 g/mol. The van der Waals surface area contributed by atoms with Crippen LogP contribution in [0.15, 0.2) is 65.6 Å². The molecule has 0 bridgehead atoms. The summed E-state index contributed by atoms with van der Waals surface area (Å²) in [5.41, 5.74) is -0.566. The van der Waals surface area contributed by atoms with Crippen LogP contribution in [0.5, 0.6) is 5.75 Å². The van der Waals surface area contributed by atoms with Crippen molar-refractivity contribution in [2.75, 3.05) is 7.11 Å². The summed E-state index contributed by atoms with van der Waals surface area (Å²) in [5.74, 6) is 0.694. The molecule has 3 aromatic rings. The van der Waals surface area contributed by atoms with Crippen molar-refractivity contribution in [2.24, 2.45) is 0 Å². The Morgan fingerprint density at radius 3 is 2.33 bits per heavy atom. The number of halogens is 3. The van der Waals surface area contributed by atoms with E-state index in [1.165, 1.54) is 6.07 Å². The van der Waals surface area contributed by atoms with Crippen molar-refractivity contribution in [1.29, 1.82) is 0 Å². The van der Waals surface area contributed by atoms with Gasteiger partial charge in [-0.25, -0.2) is 13.1 Å². The zero-order chi connectivity index (χ0) is 19.7. The second kappa shape index (κ2) is 7.21. The number of methoxy groups -OCH3 is 1. The number of hydrogen-bond acceptors (Lipinski definition) is 3. The molecule has 3 aromatic carbocycles. The zero-order valence-electron chi connectivity index (χ0n) is 14.2. The molecule has 0 unspecified atom stereocenters. The quantitative estimate of drug-likeness (QED) is 0.699. The van der Waals surface area contributed by atoms with E-state index in [1.54, 1.807) is 31.4 Å². The minimum atomic E-state index is -4.76. The molecule has 8 heteroatoms. The number of benzene rings is 3. The molecule has 0 saturated carbocycles. The van der Waals surface area contributed by atoms with E-state index in [2.05, 4.69) is 4.72 Å². The first-order valence-electron chi connectivity index (χ1n) is 7.93. The van der Waals surface area contributed by atoms with Gasteiger partial charge < -0.3 is 4.74 Å². The summed E-state index contributed by atoms with van der Waals surface area (Å²) in [6.45, 7) is -0.128. The molecule has 27 heavy (non-hydrogen) atoms. The van der Waals surface area contributed by atoms with Gasteiger partial charge in [0, 0.05) is 6.54 Å². The van der Waals surface area contributed by atoms with E-state index < -0.39 is 26.7 Å². The lowest BCUT2D eigenvalue weighted by molar-refractivity contribution is -0.139. The Labute approximate surface area is 154 Å². The van der Waals surface area contributed by atoms with Crippen LogP contribution in [-0.2, 0) is 22.7 Å². The number of rotatable bonds is 5. The average molecular weight is 395 g/mol. The first-order valence-corrected chi connectivity index (χ1v) is 9.41. The fourth-order valence-corrected chi connectivity index (χ4v) is 3.94. The summed E-state index contributed by atoms with van der Waals surface area (Å²) < 4.78 is 71.4. The number of hydrogen-bond donors (Lipinski definition) is 1. The Kier molecular flexibility index (Phi) is 5.12. The predicted molar refractivity (Wildman–Crippen MR) is 96.0 cm³/mol. The third kappa shape index (κ3) is 4.23. The Morgan fingerprint density at radius 2 is 1.63 bits per heavy atom.